The van der Waals surface area contributed by atoms with Crippen molar-refractivity contribution in [3.8, 4) is 0 Å². The Labute approximate surface area is 80.5 Å². The van der Waals surface area contributed by atoms with Crippen molar-refractivity contribution >= 4 is 22.4 Å². The molecule has 1 amide bonds. The van der Waals surface area contributed by atoms with Gasteiger partial charge in [-0.25, -0.2) is 0 Å². The van der Waals surface area contributed by atoms with Crippen LogP contribution in [0.2, 0.25) is 0 Å². The molecule has 1 N–H and O–H groups in total. The highest BCUT2D eigenvalue weighted by atomic mass is 32.1. The summed E-state index contributed by atoms with van der Waals surface area (Å²) in [4.78, 5) is 11.5. The minimum Gasteiger partial charge on any atom is -0.315 e. The fourth-order valence-electron chi connectivity index (χ4n) is 1.35. The fraction of sp³-hybridized carbons (Fsp3) is 0.625. The number of hydrogen-bond acceptors (Lipinski definition) is 4. The Morgan fingerprint density at radius 2 is 2.46 bits per heavy atom. The molecule has 0 spiro atoms. The number of carbonyl (C=O) groups is 1. The number of aromatic nitrogens is 2. The van der Waals surface area contributed by atoms with Crippen LogP contribution < -0.4 is 5.32 Å². The first kappa shape index (κ1) is 8.62. The standard InChI is InChI=1S/C8H11N3OS/c1-8(2)3-5(8)7(12)10-6-4-9-11-13-6/h4-5H,3H2,1-2H3,(H,10,12)/t5-/m1/s1. The molecule has 0 unspecified atom stereocenters. The summed E-state index contributed by atoms with van der Waals surface area (Å²) in [5.41, 5.74) is 0.183. The minimum atomic E-state index is 0.0936. The molecule has 5 heteroatoms. The molecule has 1 heterocycles. The van der Waals surface area contributed by atoms with E-state index in [2.05, 4.69) is 28.8 Å². The summed E-state index contributed by atoms with van der Waals surface area (Å²) in [6.07, 6.45) is 2.54. The van der Waals surface area contributed by atoms with Crippen molar-refractivity contribution in [2.24, 2.45) is 11.3 Å². The minimum absolute atomic E-state index is 0.0936. The van der Waals surface area contributed by atoms with E-state index in [9.17, 15) is 4.79 Å². The Balaban J connectivity index is 1.94. The molecule has 4 nitrogen and oxygen atoms in total. The molecule has 1 saturated carbocycles. The van der Waals surface area contributed by atoms with E-state index < -0.39 is 0 Å². The molecule has 1 aromatic rings. The van der Waals surface area contributed by atoms with E-state index in [0.29, 0.717) is 0 Å². The zero-order chi connectivity index (χ0) is 9.47. The van der Waals surface area contributed by atoms with Gasteiger partial charge in [-0.15, -0.1) is 5.10 Å². The van der Waals surface area contributed by atoms with Gasteiger partial charge in [-0.1, -0.05) is 18.3 Å². The summed E-state index contributed by atoms with van der Waals surface area (Å²) in [7, 11) is 0. The van der Waals surface area contributed by atoms with Crippen molar-refractivity contribution < 1.29 is 4.79 Å². The molecule has 1 aliphatic carbocycles. The number of hydrogen-bond donors (Lipinski definition) is 1. The van der Waals surface area contributed by atoms with Crippen molar-refractivity contribution in [1.29, 1.82) is 0 Å². The first-order valence-electron chi connectivity index (χ1n) is 4.18. The molecular formula is C8H11N3OS. The molecule has 1 aliphatic rings. The molecule has 0 radical (unpaired) electrons. The van der Waals surface area contributed by atoms with Crippen LogP contribution in [0.1, 0.15) is 20.3 Å². The van der Waals surface area contributed by atoms with E-state index in [-0.39, 0.29) is 17.2 Å². The van der Waals surface area contributed by atoms with Gasteiger partial charge >= 0.3 is 0 Å². The van der Waals surface area contributed by atoms with Crippen molar-refractivity contribution in [3.05, 3.63) is 6.20 Å². The van der Waals surface area contributed by atoms with Crippen LogP contribution in [0, 0.1) is 11.3 Å². The highest BCUT2D eigenvalue weighted by molar-refractivity contribution is 7.10. The molecule has 0 bridgehead atoms. The number of nitrogens with one attached hydrogen (secondary N) is 1. The normalized spacial score (nSPS) is 24.0. The average Bonchev–Trinajstić information content (AvgIpc) is 2.49. The monoisotopic (exact) mass is 197 g/mol. The first-order chi connectivity index (χ1) is 6.09. The third kappa shape index (κ3) is 1.70. The Bertz CT molecular complexity index is 320. The second-order valence-corrected chi connectivity index (χ2v) is 4.80. The summed E-state index contributed by atoms with van der Waals surface area (Å²) in [6, 6.07) is 0. The van der Waals surface area contributed by atoms with Gasteiger partial charge in [-0.2, -0.15) is 0 Å². The van der Waals surface area contributed by atoms with Crippen LogP contribution in [0.25, 0.3) is 0 Å². The van der Waals surface area contributed by atoms with Gasteiger partial charge in [0.2, 0.25) is 5.91 Å². The first-order valence-corrected chi connectivity index (χ1v) is 4.95. The molecule has 0 saturated heterocycles. The van der Waals surface area contributed by atoms with Crippen LogP contribution in [0.3, 0.4) is 0 Å². The van der Waals surface area contributed by atoms with Crippen molar-refractivity contribution in [1.82, 2.24) is 9.59 Å². The van der Waals surface area contributed by atoms with E-state index in [1.807, 2.05) is 0 Å². The number of amides is 1. The lowest BCUT2D eigenvalue weighted by molar-refractivity contribution is -0.117. The molecule has 13 heavy (non-hydrogen) atoms. The van der Waals surface area contributed by atoms with Crippen LogP contribution in [0.15, 0.2) is 6.20 Å². The van der Waals surface area contributed by atoms with Crippen LogP contribution >= 0.6 is 11.5 Å². The topological polar surface area (TPSA) is 54.9 Å². The smallest absolute Gasteiger partial charge is 0.228 e. The Morgan fingerprint density at radius 1 is 1.77 bits per heavy atom. The fourth-order valence-corrected chi connectivity index (χ4v) is 1.77. The molecule has 1 fully saturated rings. The van der Waals surface area contributed by atoms with Gasteiger partial charge in [0, 0.05) is 17.5 Å². The lowest BCUT2D eigenvalue weighted by atomic mass is 10.1. The number of nitrogens with zero attached hydrogens (tertiary/aromatic N) is 2. The van der Waals surface area contributed by atoms with E-state index >= 15 is 0 Å². The highest BCUT2D eigenvalue weighted by Gasteiger charge is 2.50. The molecule has 2 rings (SSSR count). The van der Waals surface area contributed by atoms with Crippen LogP contribution in [-0.4, -0.2) is 15.5 Å². The maximum atomic E-state index is 11.5. The Hall–Kier alpha value is -0.970. The van der Waals surface area contributed by atoms with Crippen LogP contribution in [0.4, 0.5) is 5.00 Å². The van der Waals surface area contributed by atoms with Gasteiger partial charge in [-0.3, -0.25) is 4.79 Å². The molecule has 0 aliphatic heterocycles. The van der Waals surface area contributed by atoms with Gasteiger partial charge in [-0.05, 0) is 11.8 Å². The van der Waals surface area contributed by atoms with Gasteiger partial charge in [0.15, 0.2) is 0 Å². The summed E-state index contributed by atoms with van der Waals surface area (Å²) in [5.74, 6) is 0.255. The second kappa shape index (κ2) is 2.77. The van der Waals surface area contributed by atoms with Crippen molar-refractivity contribution in [3.63, 3.8) is 0 Å². The molecular weight excluding hydrogens is 186 g/mol. The van der Waals surface area contributed by atoms with Gasteiger partial charge in [0.25, 0.3) is 0 Å². The Morgan fingerprint density at radius 3 is 2.92 bits per heavy atom. The summed E-state index contributed by atoms with van der Waals surface area (Å²) in [6.45, 7) is 4.20. The summed E-state index contributed by atoms with van der Waals surface area (Å²) in [5, 5.41) is 7.17. The predicted octanol–water partition coefficient (Wildman–Crippen LogP) is 1.52. The molecule has 0 aromatic carbocycles. The second-order valence-electron chi connectivity index (χ2n) is 4.02. The third-order valence-electron chi connectivity index (χ3n) is 2.44. The predicted molar refractivity (Wildman–Crippen MR) is 50.4 cm³/mol. The largest absolute Gasteiger partial charge is 0.315 e. The molecule has 70 valence electrons. The van der Waals surface area contributed by atoms with Crippen molar-refractivity contribution in [2.45, 2.75) is 20.3 Å². The lowest BCUT2D eigenvalue weighted by Crippen LogP contribution is -2.15. The zero-order valence-corrected chi connectivity index (χ0v) is 8.39. The zero-order valence-electron chi connectivity index (χ0n) is 7.57. The van der Waals surface area contributed by atoms with Crippen LogP contribution in [-0.2, 0) is 4.79 Å². The van der Waals surface area contributed by atoms with E-state index in [4.69, 9.17) is 0 Å². The summed E-state index contributed by atoms with van der Waals surface area (Å²) >= 11 is 1.20. The SMILES string of the molecule is CC1(C)C[C@@H]1C(=O)Nc1cnns1. The van der Waals surface area contributed by atoms with E-state index in [1.165, 1.54) is 11.5 Å². The average molecular weight is 197 g/mol. The van der Waals surface area contributed by atoms with Gasteiger partial charge < -0.3 is 5.32 Å². The molecule has 1 aromatic heterocycles. The third-order valence-corrected chi connectivity index (χ3v) is 3.02. The van der Waals surface area contributed by atoms with Crippen LogP contribution in [0.5, 0.6) is 0 Å². The highest BCUT2D eigenvalue weighted by Crippen LogP contribution is 2.51. The van der Waals surface area contributed by atoms with E-state index in [0.717, 1.165) is 11.4 Å². The number of anilines is 1. The van der Waals surface area contributed by atoms with Gasteiger partial charge in [0.05, 0.1) is 6.20 Å². The number of carbonyl (C=O) groups excluding carboxylic acids is 1. The molecule has 1 atom stereocenters. The Kier molecular flexibility index (Phi) is 1.83. The quantitative estimate of drug-likeness (QED) is 0.782. The van der Waals surface area contributed by atoms with Gasteiger partial charge in [0.1, 0.15) is 5.00 Å². The number of rotatable bonds is 2. The van der Waals surface area contributed by atoms with Crippen molar-refractivity contribution in [2.75, 3.05) is 5.32 Å². The summed E-state index contributed by atoms with van der Waals surface area (Å²) < 4.78 is 3.67. The maximum absolute atomic E-state index is 11.5. The maximum Gasteiger partial charge on any atom is 0.228 e. The van der Waals surface area contributed by atoms with E-state index in [1.54, 1.807) is 6.20 Å². The lowest BCUT2D eigenvalue weighted by Gasteiger charge is -2.02.